The summed E-state index contributed by atoms with van der Waals surface area (Å²) in [5.74, 6) is -0.445. The molecular formula is C15H14INO3. The predicted octanol–water partition coefficient (Wildman–Crippen LogP) is 2.39. The second-order valence-electron chi connectivity index (χ2n) is 4.20. The minimum absolute atomic E-state index is 0.0490. The lowest BCUT2D eigenvalue weighted by Gasteiger charge is -2.11. The Kier molecular flexibility index (Phi) is 4.97. The van der Waals surface area contributed by atoms with Gasteiger partial charge in [0.2, 0.25) is 0 Å². The molecule has 0 unspecified atom stereocenters. The lowest BCUT2D eigenvalue weighted by molar-refractivity contribution is 0.0942. The van der Waals surface area contributed by atoms with Crippen LogP contribution in [0.25, 0.3) is 11.1 Å². The van der Waals surface area contributed by atoms with E-state index in [1.165, 1.54) is 0 Å². The van der Waals surface area contributed by atoms with Crippen molar-refractivity contribution < 1.29 is 15.0 Å². The first-order valence-electron chi connectivity index (χ1n) is 6.10. The van der Waals surface area contributed by atoms with Crippen LogP contribution in [-0.2, 0) is 0 Å². The third kappa shape index (κ3) is 3.29. The minimum atomic E-state index is -0.396. The van der Waals surface area contributed by atoms with E-state index in [0.29, 0.717) is 5.56 Å². The van der Waals surface area contributed by atoms with Crippen molar-refractivity contribution in [1.29, 1.82) is 0 Å². The summed E-state index contributed by atoms with van der Waals surface area (Å²) in [6.07, 6.45) is 0. The summed E-state index contributed by atoms with van der Waals surface area (Å²) in [7, 11) is 0. The van der Waals surface area contributed by atoms with E-state index in [1.54, 1.807) is 6.07 Å². The normalized spacial score (nSPS) is 10.3. The van der Waals surface area contributed by atoms with Crippen LogP contribution in [0.1, 0.15) is 10.4 Å². The van der Waals surface area contributed by atoms with E-state index in [9.17, 15) is 9.90 Å². The molecule has 0 spiro atoms. The molecule has 2 aromatic carbocycles. The Morgan fingerprint density at radius 1 is 1.20 bits per heavy atom. The molecule has 0 aliphatic heterocycles. The van der Waals surface area contributed by atoms with Gasteiger partial charge in [-0.05, 0) is 40.3 Å². The van der Waals surface area contributed by atoms with Crippen LogP contribution in [-0.4, -0.2) is 29.3 Å². The fourth-order valence-electron chi connectivity index (χ4n) is 1.87. The highest BCUT2D eigenvalue weighted by molar-refractivity contribution is 14.1. The van der Waals surface area contributed by atoms with Crippen molar-refractivity contribution in [3.8, 4) is 16.9 Å². The molecule has 3 N–H and O–H groups in total. The largest absolute Gasteiger partial charge is 0.506 e. The van der Waals surface area contributed by atoms with Gasteiger partial charge in [-0.25, -0.2) is 0 Å². The highest BCUT2D eigenvalue weighted by atomic mass is 127. The van der Waals surface area contributed by atoms with Crippen LogP contribution in [0.5, 0.6) is 5.75 Å². The first kappa shape index (κ1) is 14.8. The van der Waals surface area contributed by atoms with Gasteiger partial charge in [0.1, 0.15) is 5.75 Å². The number of phenolic OH excluding ortho intramolecular Hbond substituents is 1. The van der Waals surface area contributed by atoms with Gasteiger partial charge >= 0.3 is 0 Å². The maximum atomic E-state index is 12.0. The Morgan fingerprint density at radius 3 is 2.55 bits per heavy atom. The Bertz CT molecular complexity index is 614. The number of aromatic hydroxyl groups is 1. The smallest absolute Gasteiger partial charge is 0.255 e. The molecule has 0 saturated heterocycles. The lowest BCUT2D eigenvalue weighted by atomic mass is 10.0. The monoisotopic (exact) mass is 383 g/mol. The van der Waals surface area contributed by atoms with Gasteiger partial charge in [0.25, 0.3) is 5.91 Å². The van der Waals surface area contributed by atoms with Crippen LogP contribution in [0.15, 0.2) is 42.5 Å². The fourth-order valence-corrected chi connectivity index (χ4v) is 2.50. The van der Waals surface area contributed by atoms with Crippen LogP contribution in [0.2, 0.25) is 0 Å². The summed E-state index contributed by atoms with van der Waals surface area (Å²) in [6, 6.07) is 12.8. The van der Waals surface area contributed by atoms with Crippen molar-refractivity contribution in [3.63, 3.8) is 0 Å². The molecule has 5 heteroatoms. The Balaban J connectivity index is 2.45. The average Bonchev–Trinajstić information content (AvgIpc) is 2.47. The number of carbonyl (C=O) groups excluding carboxylic acids is 1. The van der Waals surface area contributed by atoms with Gasteiger partial charge in [-0.2, -0.15) is 0 Å². The molecule has 20 heavy (non-hydrogen) atoms. The zero-order chi connectivity index (χ0) is 14.5. The Labute approximate surface area is 130 Å². The quantitative estimate of drug-likeness (QED) is 0.711. The summed E-state index contributed by atoms with van der Waals surface area (Å²) in [4.78, 5) is 12.0. The fraction of sp³-hybridized carbons (Fsp3) is 0.133. The van der Waals surface area contributed by atoms with Gasteiger partial charge in [-0.15, -0.1) is 0 Å². The van der Waals surface area contributed by atoms with Gasteiger partial charge in [0, 0.05) is 15.7 Å². The molecule has 0 saturated carbocycles. The zero-order valence-corrected chi connectivity index (χ0v) is 12.8. The van der Waals surface area contributed by atoms with Crippen molar-refractivity contribution in [2.45, 2.75) is 0 Å². The van der Waals surface area contributed by atoms with E-state index < -0.39 is 5.91 Å². The maximum absolute atomic E-state index is 12.0. The molecule has 0 bridgehead atoms. The number of benzene rings is 2. The molecule has 2 aromatic rings. The number of aliphatic hydroxyl groups excluding tert-OH is 1. The highest BCUT2D eigenvalue weighted by Crippen LogP contribution is 2.34. The summed E-state index contributed by atoms with van der Waals surface area (Å²) in [5.41, 5.74) is 1.68. The minimum Gasteiger partial charge on any atom is -0.506 e. The molecule has 104 valence electrons. The number of phenols is 1. The number of halogens is 1. The molecule has 0 heterocycles. The van der Waals surface area contributed by atoms with Crippen molar-refractivity contribution in [2.75, 3.05) is 13.2 Å². The molecule has 0 aliphatic rings. The van der Waals surface area contributed by atoms with E-state index in [4.69, 9.17) is 5.11 Å². The molecule has 2 rings (SSSR count). The van der Waals surface area contributed by atoms with Gasteiger partial charge in [-0.3, -0.25) is 4.79 Å². The third-order valence-electron chi connectivity index (χ3n) is 2.80. The van der Waals surface area contributed by atoms with Crippen LogP contribution in [0.4, 0.5) is 0 Å². The van der Waals surface area contributed by atoms with Gasteiger partial charge in [0.05, 0.1) is 12.2 Å². The highest BCUT2D eigenvalue weighted by Gasteiger charge is 2.16. The molecule has 0 fully saturated rings. The number of hydrogen-bond acceptors (Lipinski definition) is 3. The van der Waals surface area contributed by atoms with Crippen LogP contribution >= 0.6 is 22.6 Å². The number of nitrogens with one attached hydrogen (secondary N) is 1. The zero-order valence-electron chi connectivity index (χ0n) is 10.6. The molecular weight excluding hydrogens is 369 g/mol. The molecule has 0 aliphatic carbocycles. The van der Waals surface area contributed by atoms with Crippen LogP contribution < -0.4 is 5.32 Å². The molecule has 0 atom stereocenters. The molecule has 1 amide bonds. The van der Waals surface area contributed by atoms with E-state index >= 15 is 0 Å². The first-order chi connectivity index (χ1) is 9.63. The Hall–Kier alpha value is -1.60. The van der Waals surface area contributed by atoms with Crippen LogP contribution in [0, 0.1) is 3.57 Å². The predicted molar refractivity (Wildman–Crippen MR) is 85.7 cm³/mol. The number of aliphatic hydroxyl groups is 1. The van der Waals surface area contributed by atoms with Gasteiger partial charge < -0.3 is 15.5 Å². The van der Waals surface area contributed by atoms with E-state index in [1.807, 2.05) is 36.4 Å². The summed E-state index contributed by atoms with van der Waals surface area (Å²) >= 11 is 2.11. The number of rotatable bonds is 4. The van der Waals surface area contributed by atoms with E-state index in [-0.39, 0.29) is 24.5 Å². The number of carbonyl (C=O) groups is 1. The SMILES string of the molecule is O=C(NCCO)c1cc(I)cc(-c2ccccc2)c1O. The van der Waals surface area contributed by atoms with Crippen LogP contribution in [0.3, 0.4) is 0 Å². The second kappa shape index (κ2) is 6.71. The molecule has 4 nitrogen and oxygen atoms in total. The second-order valence-corrected chi connectivity index (χ2v) is 5.44. The van der Waals surface area contributed by atoms with Gasteiger partial charge in [-0.1, -0.05) is 30.3 Å². The van der Waals surface area contributed by atoms with Crippen molar-refractivity contribution in [2.24, 2.45) is 0 Å². The lowest BCUT2D eigenvalue weighted by Crippen LogP contribution is -2.26. The summed E-state index contributed by atoms with van der Waals surface area (Å²) < 4.78 is 0.855. The third-order valence-corrected chi connectivity index (χ3v) is 3.42. The number of amides is 1. The van der Waals surface area contributed by atoms with Gasteiger partial charge in [0.15, 0.2) is 0 Å². The average molecular weight is 383 g/mol. The summed E-state index contributed by atoms with van der Waals surface area (Å²) in [5, 5.41) is 21.6. The topological polar surface area (TPSA) is 69.6 Å². The standard InChI is InChI=1S/C15H14INO3/c16-11-8-12(10-4-2-1-3-5-10)14(19)13(9-11)15(20)17-6-7-18/h1-5,8-9,18-19H,6-7H2,(H,17,20). The summed E-state index contributed by atoms with van der Waals surface area (Å²) in [6.45, 7) is 0.0202. The van der Waals surface area contributed by atoms with Crippen molar-refractivity contribution >= 4 is 28.5 Å². The van der Waals surface area contributed by atoms with E-state index in [0.717, 1.165) is 9.13 Å². The number of hydrogen-bond donors (Lipinski definition) is 3. The van der Waals surface area contributed by atoms with Crippen molar-refractivity contribution in [3.05, 3.63) is 51.6 Å². The van der Waals surface area contributed by atoms with Crippen molar-refractivity contribution in [1.82, 2.24) is 5.32 Å². The Morgan fingerprint density at radius 2 is 1.90 bits per heavy atom. The molecule has 0 radical (unpaired) electrons. The van der Waals surface area contributed by atoms with E-state index in [2.05, 4.69) is 27.9 Å². The maximum Gasteiger partial charge on any atom is 0.255 e. The molecule has 0 aromatic heterocycles. The first-order valence-corrected chi connectivity index (χ1v) is 7.18.